The number of ether oxygens (including phenoxy) is 1. The predicted octanol–water partition coefficient (Wildman–Crippen LogP) is 2.68. The van der Waals surface area contributed by atoms with Gasteiger partial charge in [-0.3, -0.25) is 19.3 Å². The molecule has 1 aliphatic rings. The van der Waals surface area contributed by atoms with Crippen molar-refractivity contribution in [3.63, 3.8) is 0 Å². The Morgan fingerprint density at radius 2 is 1.73 bits per heavy atom. The smallest absolute Gasteiger partial charge is 0.306 e. The van der Waals surface area contributed by atoms with Crippen LogP contribution in [0, 0.1) is 11.3 Å². The van der Waals surface area contributed by atoms with E-state index >= 15 is 0 Å². The van der Waals surface area contributed by atoms with Crippen molar-refractivity contribution in [2.75, 3.05) is 6.54 Å². The molecular formula is C20H16N2O4. The standard InChI is InChI=1S/C20H16N2O4/c21-12-14-5-3-6-15(11-14)13-26-18(23)9-4-10-22-19(24)16-7-1-2-8-17(16)20(22)25/h1-3,5-8,11H,4,9-10,13H2. The Labute approximate surface area is 150 Å². The van der Waals surface area contributed by atoms with Crippen molar-refractivity contribution < 1.29 is 19.1 Å². The Hall–Kier alpha value is -3.46. The Kier molecular flexibility index (Phi) is 5.09. The number of carbonyl (C=O) groups is 3. The fraction of sp³-hybridized carbons (Fsp3) is 0.200. The number of fused-ring (bicyclic) bond motifs is 1. The molecule has 1 heterocycles. The highest BCUT2D eigenvalue weighted by atomic mass is 16.5. The van der Waals surface area contributed by atoms with Crippen LogP contribution in [0.5, 0.6) is 0 Å². The first kappa shape index (κ1) is 17.4. The van der Waals surface area contributed by atoms with Gasteiger partial charge in [0.1, 0.15) is 6.61 Å². The maximum Gasteiger partial charge on any atom is 0.306 e. The first-order valence-electron chi connectivity index (χ1n) is 8.20. The summed E-state index contributed by atoms with van der Waals surface area (Å²) in [5.41, 5.74) is 2.04. The fourth-order valence-corrected chi connectivity index (χ4v) is 2.79. The lowest BCUT2D eigenvalue weighted by Gasteiger charge is -2.13. The number of hydrogen-bond acceptors (Lipinski definition) is 5. The van der Waals surface area contributed by atoms with E-state index in [9.17, 15) is 14.4 Å². The second-order valence-corrected chi connectivity index (χ2v) is 5.88. The highest BCUT2D eigenvalue weighted by Crippen LogP contribution is 2.22. The van der Waals surface area contributed by atoms with Crippen molar-refractivity contribution in [1.82, 2.24) is 4.90 Å². The topological polar surface area (TPSA) is 87.5 Å². The van der Waals surface area contributed by atoms with Gasteiger partial charge in [-0.05, 0) is 36.2 Å². The van der Waals surface area contributed by atoms with E-state index in [-0.39, 0.29) is 31.4 Å². The van der Waals surface area contributed by atoms with E-state index in [4.69, 9.17) is 10.00 Å². The summed E-state index contributed by atoms with van der Waals surface area (Å²) in [6.45, 7) is 0.257. The summed E-state index contributed by atoms with van der Waals surface area (Å²) < 4.78 is 5.17. The number of nitriles is 1. The van der Waals surface area contributed by atoms with Gasteiger partial charge in [0.05, 0.1) is 22.8 Å². The molecule has 2 aromatic rings. The van der Waals surface area contributed by atoms with E-state index in [0.717, 1.165) is 10.5 Å². The summed E-state index contributed by atoms with van der Waals surface area (Å²) in [7, 11) is 0. The molecule has 0 saturated carbocycles. The predicted molar refractivity (Wildman–Crippen MR) is 92.0 cm³/mol. The van der Waals surface area contributed by atoms with Gasteiger partial charge in [-0.25, -0.2) is 0 Å². The third kappa shape index (κ3) is 3.62. The zero-order valence-electron chi connectivity index (χ0n) is 14.0. The molecule has 0 aromatic heterocycles. The summed E-state index contributed by atoms with van der Waals surface area (Å²) in [5.74, 6) is -1.07. The van der Waals surface area contributed by atoms with Crippen LogP contribution in [-0.4, -0.2) is 29.2 Å². The van der Waals surface area contributed by atoms with Crippen molar-refractivity contribution in [1.29, 1.82) is 5.26 Å². The van der Waals surface area contributed by atoms with Crippen molar-refractivity contribution in [2.45, 2.75) is 19.4 Å². The lowest BCUT2D eigenvalue weighted by atomic mass is 10.1. The second-order valence-electron chi connectivity index (χ2n) is 5.88. The van der Waals surface area contributed by atoms with Gasteiger partial charge in [0.2, 0.25) is 0 Å². The van der Waals surface area contributed by atoms with Gasteiger partial charge in [-0.15, -0.1) is 0 Å². The van der Waals surface area contributed by atoms with Gasteiger partial charge in [0.15, 0.2) is 0 Å². The van der Waals surface area contributed by atoms with Crippen molar-refractivity contribution in [3.05, 3.63) is 70.8 Å². The summed E-state index contributed by atoms with van der Waals surface area (Å²) >= 11 is 0. The van der Waals surface area contributed by atoms with Crippen LogP contribution in [-0.2, 0) is 16.1 Å². The Morgan fingerprint density at radius 1 is 1.04 bits per heavy atom. The van der Waals surface area contributed by atoms with Gasteiger partial charge >= 0.3 is 5.97 Å². The SMILES string of the molecule is N#Cc1cccc(COC(=O)CCCN2C(=O)c3ccccc3C2=O)c1. The number of rotatable bonds is 6. The van der Waals surface area contributed by atoms with Crippen molar-refractivity contribution >= 4 is 17.8 Å². The van der Waals surface area contributed by atoms with Crippen LogP contribution < -0.4 is 0 Å². The Morgan fingerprint density at radius 3 is 2.38 bits per heavy atom. The van der Waals surface area contributed by atoms with E-state index < -0.39 is 5.97 Å². The number of benzene rings is 2. The molecule has 0 N–H and O–H groups in total. The lowest BCUT2D eigenvalue weighted by molar-refractivity contribution is -0.145. The molecule has 2 aromatic carbocycles. The van der Waals surface area contributed by atoms with E-state index in [1.54, 1.807) is 48.5 Å². The molecule has 0 aliphatic carbocycles. The van der Waals surface area contributed by atoms with Crippen molar-refractivity contribution in [2.24, 2.45) is 0 Å². The molecule has 0 bridgehead atoms. The Bertz CT molecular complexity index is 879. The third-order valence-electron chi connectivity index (χ3n) is 4.10. The molecule has 1 aliphatic heterocycles. The first-order chi connectivity index (χ1) is 12.6. The monoisotopic (exact) mass is 348 g/mol. The maximum absolute atomic E-state index is 12.2. The number of nitrogens with zero attached hydrogens (tertiary/aromatic N) is 2. The molecule has 0 unspecified atom stereocenters. The minimum absolute atomic E-state index is 0.0847. The minimum Gasteiger partial charge on any atom is -0.461 e. The molecule has 26 heavy (non-hydrogen) atoms. The highest BCUT2D eigenvalue weighted by molar-refractivity contribution is 6.21. The van der Waals surface area contributed by atoms with Crippen LogP contribution in [0.15, 0.2) is 48.5 Å². The molecule has 0 saturated heterocycles. The molecule has 0 spiro atoms. The number of hydrogen-bond donors (Lipinski definition) is 0. The van der Waals surface area contributed by atoms with Gasteiger partial charge < -0.3 is 4.74 Å². The molecule has 0 radical (unpaired) electrons. The van der Waals surface area contributed by atoms with Crippen LogP contribution in [0.25, 0.3) is 0 Å². The van der Waals surface area contributed by atoms with Crippen LogP contribution >= 0.6 is 0 Å². The van der Waals surface area contributed by atoms with Crippen molar-refractivity contribution in [3.8, 4) is 6.07 Å². The van der Waals surface area contributed by atoms with E-state index in [1.165, 1.54) is 0 Å². The van der Waals surface area contributed by atoms with Gasteiger partial charge in [0.25, 0.3) is 11.8 Å². The number of imide groups is 1. The number of amides is 2. The number of carbonyl (C=O) groups excluding carboxylic acids is 3. The van der Waals surface area contributed by atoms with E-state index in [1.807, 2.05) is 6.07 Å². The largest absolute Gasteiger partial charge is 0.461 e. The lowest BCUT2D eigenvalue weighted by Crippen LogP contribution is -2.31. The molecule has 3 rings (SSSR count). The zero-order chi connectivity index (χ0) is 18.5. The fourth-order valence-electron chi connectivity index (χ4n) is 2.79. The highest BCUT2D eigenvalue weighted by Gasteiger charge is 2.34. The summed E-state index contributed by atoms with van der Waals surface area (Å²) in [6, 6.07) is 15.5. The summed E-state index contributed by atoms with van der Waals surface area (Å²) in [6.07, 6.45) is 0.438. The molecule has 130 valence electrons. The van der Waals surface area contributed by atoms with Gasteiger partial charge in [-0.1, -0.05) is 24.3 Å². The van der Waals surface area contributed by atoms with Crippen LogP contribution in [0.4, 0.5) is 0 Å². The molecule has 2 amide bonds. The third-order valence-corrected chi connectivity index (χ3v) is 4.10. The van der Waals surface area contributed by atoms with Crippen LogP contribution in [0.3, 0.4) is 0 Å². The van der Waals surface area contributed by atoms with Crippen LogP contribution in [0.1, 0.15) is 44.7 Å². The average molecular weight is 348 g/mol. The molecule has 6 nitrogen and oxygen atoms in total. The summed E-state index contributed by atoms with van der Waals surface area (Å²) in [4.78, 5) is 37.4. The van der Waals surface area contributed by atoms with E-state index in [0.29, 0.717) is 23.1 Å². The minimum atomic E-state index is -0.413. The molecule has 0 fully saturated rings. The van der Waals surface area contributed by atoms with Gasteiger partial charge in [-0.2, -0.15) is 5.26 Å². The summed E-state index contributed by atoms with van der Waals surface area (Å²) in [5, 5.41) is 8.85. The normalized spacial score (nSPS) is 12.7. The van der Waals surface area contributed by atoms with Crippen LogP contribution in [0.2, 0.25) is 0 Å². The van der Waals surface area contributed by atoms with Gasteiger partial charge in [0, 0.05) is 13.0 Å². The quantitative estimate of drug-likeness (QED) is 0.592. The first-order valence-corrected chi connectivity index (χ1v) is 8.20. The Balaban J connectivity index is 1.47. The number of esters is 1. The average Bonchev–Trinajstić information content (AvgIpc) is 2.92. The van der Waals surface area contributed by atoms with E-state index in [2.05, 4.69) is 0 Å². The molecule has 6 heteroatoms. The second kappa shape index (κ2) is 7.62. The maximum atomic E-state index is 12.2. The molecular weight excluding hydrogens is 332 g/mol. The zero-order valence-corrected chi connectivity index (χ0v) is 14.0. The molecule has 0 atom stereocenters.